The lowest BCUT2D eigenvalue weighted by molar-refractivity contribution is 0.605. The molecule has 0 unspecified atom stereocenters. The van der Waals surface area contributed by atoms with E-state index < -0.39 is 0 Å². The van der Waals surface area contributed by atoms with Crippen LogP contribution in [0.25, 0.3) is 0 Å². The standard InChI is InChI=1S/C14H19NS/c15-14(7-8-14)6-5-11-3-1-2-4-13(11)12-9-16-10-12/h1-4,12H,5-10,15H2. The summed E-state index contributed by atoms with van der Waals surface area (Å²) in [6, 6.07) is 8.96. The van der Waals surface area contributed by atoms with Gasteiger partial charge in [-0.2, -0.15) is 11.8 Å². The quantitative estimate of drug-likeness (QED) is 0.865. The summed E-state index contributed by atoms with van der Waals surface area (Å²) in [6.07, 6.45) is 4.81. The highest BCUT2D eigenvalue weighted by Crippen LogP contribution is 2.39. The SMILES string of the molecule is NC1(CCc2ccccc2C2CSC2)CC1. The molecular weight excluding hydrogens is 214 g/mol. The number of nitrogens with two attached hydrogens (primary N) is 1. The fraction of sp³-hybridized carbons (Fsp3) is 0.571. The van der Waals surface area contributed by atoms with Gasteiger partial charge in [0.15, 0.2) is 0 Å². The number of hydrogen-bond acceptors (Lipinski definition) is 2. The van der Waals surface area contributed by atoms with E-state index in [4.69, 9.17) is 5.73 Å². The third-order valence-corrected chi connectivity index (χ3v) is 5.19. The van der Waals surface area contributed by atoms with Crippen LogP contribution in [0.4, 0.5) is 0 Å². The maximum Gasteiger partial charge on any atom is 0.0158 e. The van der Waals surface area contributed by atoms with Crippen molar-refractivity contribution in [3.63, 3.8) is 0 Å². The maximum atomic E-state index is 6.16. The summed E-state index contributed by atoms with van der Waals surface area (Å²) >= 11 is 2.06. The molecule has 2 aliphatic rings. The van der Waals surface area contributed by atoms with Gasteiger partial charge in [0.05, 0.1) is 0 Å². The van der Waals surface area contributed by atoms with Crippen LogP contribution < -0.4 is 5.73 Å². The zero-order valence-electron chi connectivity index (χ0n) is 9.61. The lowest BCUT2D eigenvalue weighted by Gasteiger charge is -2.27. The van der Waals surface area contributed by atoms with Gasteiger partial charge in [-0.25, -0.2) is 0 Å². The zero-order valence-corrected chi connectivity index (χ0v) is 10.4. The van der Waals surface area contributed by atoms with Gasteiger partial charge in [0.1, 0.15) is 0 Å². The molecule has 1 saturated heterocycles. The Hall–Kier alpha value is -0.470. The highest BCUT2D eigenvalue weighted by atomic mass is 32.2. The summed E-state index contributed by atoms with van der Waals surface area (Å²) in [5, 5.41) is 0. The first-order valence-corrected chi connectivity index (χ1v) is 7.37. The Morgan fingerprint density at radius 3 is 2.62 bits per heavy atom. The van der Waals surface area contributed by atoms with Gasteiger partial charge in [-0.1, -0.05) is 24.3 Å². The second kappa shape index (κ2) is 4.08. The van der Waals surface area contributed by atoms with Gasteiger partial charge in [0, 0.05) is 23.0 Å². The monoisotopic (exact) mass is 233 g/mol. The van der Waals surface area contributed by atoms with E-state index in [9.17, 15) is 0 Å². The number of hydrogen-bond donors (Lipinski definition) is 1. The Morgan fingerprint density at radius 2 is 2.00 bits per heavy atom. The first-order valence-electron chi connectivity index (χ1n) is 6.21. The summed E-state index contributed by atoms with van der Waals surface area (Å²) in [5.41, 5.74) is 9.49. The van der Waals surface area contributed by atoms with Crippen LogP contribution in [0.2, 0.25) is 0 Å². The first-order chi connectivity index (χ1) is 7.77. The van der Waals surface area contributed by atoms with Crippen molar-refractivity contribution >= 4 is 11.8 Å². The predicted molar refractivity (Wildman–Crippen MR) is 71.0 cm³/mol. The number of benzene rings is 1. The smallest absolute Gasteiger partial charge is 0.0158 e. The molecule has 2 heteroatoms. The molecule has 0 bridgehead atoms. The van der Waals surface area contributed by atoms with E-state index in [2.05, 4.69) is 36.0 Å². The van der Waals surface area contributed by atoms with Gasteiger partial charge in [0.2, 0.25) is 0 Å². The summed E-state index contributed by atoms with van der Waals surface area (Å²) in [7, 11) is 0. The molecule has 3 rings (SSSR count). The summed E-state index contributed by atoms with van der Waals surface area (Å²) in [5.74, 6) is 3.43. The molecule has 16 heavy (non-hydrogen) atoms. The van der Waals surface area contributed by atoms with Crippen LogP contribution in [0.1, 0.15) is 36.3 Å². The summed E-state index contributed by atoms with van der Waals surface area (Å²) in [4.78, 5) is 0. The third-order valence-electron chi connectivity index (χ3n) is 3.92. The van der Waals surface area contributed by atoms with Crippen LogP contribution in [0.15, 0.2) is 24.3 Å². The second-order valence-corrected chi connectivity index (χ2v) is 6.37. The van der Waals surface area contributed by atoms with Crippen LogP contribution in [-0.2, 0) is 6.42 Å². The molecular formula is C14H19NS. The van der Waals surface area contributed by atoms with E-state index in [-0.39, 0.29) is 5.54 Å². The van der Waals surface area contributed by atoms with Crippen LogP contribution in [0.3, 0.4) is 0 Å². The topological polar surface area (TPSA) is 26.0 Å². The highest BCUT2D eigenvalue weighted by molar-refractivity contribution is 8.00. The molecule has 1 saturated carbocycles. The molecule has 1 aromatic rings. The van der Waals surface area contributed by atoms with Crippen molar-refractivity contribution in [3.05, 3.63) is 35.4 Å². The molecule has 1 aliphatic heterocycles. The minimum absolute atomic E-state index is 0.196. The fourth-order valence-electron chi connectivity index (χ4n) is 2.37. The molecule has 86 valence electrons. The Kier molecular flexibility index (Phi) is 2.72. The van der Waals surface area contributed by atoms with Crippen LogP contribution in [0.5, 0.6) is 0 Å². The Morgan fingerprint density at radius 1 is 1.25 bits per heavy atom. The molecule has 1 nitrogen and oxygen atoms in total. The Balaban J connectivity index is 1.71. The van der Waals surface area contributed by atoms with E-state index in [1.807, 2.05) is 0 Å². The molecule has 1 aliphatic carbocycles. The van der Waals surface area contributed by atoms with E-state index in [1.54, 1.807) is 11.1 Å². The molecule has 0 radical (unpaired) electrons. The summed E-state index contributed by atoms with van der Waals surface area (Å²) < 4.78 is 0. The van der Waals surface area contributed by atoms with Crippen LogP contribution in [0, 0.1) is 0 Å². The lowest BCUT2D eigenvalue weighted by Crippen LogP contribution is -2.23. The maximum absolute atomic E-state index is 6.16. The number of aryl methyl sites for hydroxylation is 1. The molecule has 2 fully saturated rings. The average molecular weight is 233 g/mol. The lowest BCUT2D eigenvalue weighted by atomic mass is 9.92. The molecule has 1 heterocycles. The zero-order chi connectivity index (χ0) is 11.0. The molecule has 1 aromatic carbocycles. The highest BCUT2D eigenvalue weighted by Gasteiger charge is 2.37. The number of rotatable bonds is 4. The predicted octanol–water partition coefficient (Wildman–Crippen LogP) is 2.94. The Labute approximate surface area is 102 Å². The van der Waals surface area contributed by atoms with Crippen molar-refractivity contribution in [2.45, 2.75) is 37.1 Å². The van der Waals surface area contributed by atoms with Gasteiger partial charge < -0.3 is 5.73 Å². The van der Waals surface area contributed by atoms with Crippen molar-refractivity contribution in [2.24, 2.45) is 5.73 Å². The Bertz CT molecular complexity index is 380. The van der Waals surface area contributed by atoms with Crippen molar-refractivity contribution in [2.75, 3.05) is 11.5 Å². The minimum Gasteiger partial charge on any atom is -0.325 e. The van der Waals surface area contributed by atoms with Crippen molar-refractivity contribution < 1.29 is 0 Å². The summed E-state index contributed by atoms with van der Waals surface area (Å²) in [6.45, 7) is 0. The molecule has 0 amide bonds. The second-order valence-electron chi connectivity index (χ2n) is 5.30. The van der Waals surface area contributed by atoms with Crippen molar-refractivity contribution in [1.29, 1.82) is 0 Å². The van der Waals surface area contributed by atoms with Crippen LogP contribution in [-0.4, -0.2) is 17.0 Å². The molecule has 2 N–H and O–H groups in total. The number of thioether (sulfide) groups is 1. The van der Waals surface area contributed by atoms with E-state index in [0.29, 0.717) is 0 Å². The largest absolute Gasteiger partial charge is 0.325 e. The molecule has 0 aromatic heterocycles. The van der Waals surface area contributed by atoms with Gasteiger partial charge >= 0.3 is 0 Å². The minimum atomic E-state index is 0.196. The van der Waals surface area contributed by atoms with Gasteiger partial charge in [-0.15, -0.1) is 0 Å². The van der Waals surface area contributed by atoms with Gasteiger partial charge in [-0.05, 0) is 36.8 Å². The van der Waals surface area contributed by atoms with Gasteiger partial charge in [0.25, 0.3) is 0 Å². The third kappa shape index (κ3) is 2.14. The van der Waals surface area contributed by atoms with E-state index >= 15 is 0 Å². The molecule has 0 spiro atoms. The van der Waals surface area contributed by atoms with Crippen LogP contribution >= 0.6 is 11.8 Å². The normalized spacial score (nSPS) is 22.8. The van der Waals surface area contributed by atoms with Gasteiger partial charge in [-0.3, -0.25) is 0 Å². The fourth-order valence-corrected chi connectivity index (χ4v) is 3.20. The van der Waals surface area contributed by atoms with Crippen molar-refractivity contribution in [3.8, 4) is 0 Å². The average Bonchev–Trinajstić information content (AvgIpc) is 2.94. The van der Waals surface area contributed by atoms with E-state index in [0.717, 1.165) is 5.92 Å². The molecule has 0 atom stereocenters. The first kappa shape index (κ1) is 10.7. The van der Waals surface area contributed by atoms with Crippen molar-refractivity contribution in [1.82, 2.24) is 0 Å². The van der Waals surface area contributed by atoms with E-state index in [1.165, 1.54) is 37.2 Å².